The van der Waals surface area contributed by atoms with Crippen LogP contribution in [-0.2, 0) is 4.79 Å². The van der Waals surface area contributed by atoms with Crippen LogP contribution in [0.15, 0.2) is 72.8 Å². The summed E-state index contributed by atoms with van der Waals surface area (Å²) in [5.74, 6) is -0.692. The van der Waals surface area contributed by atoms with Crippen molar-refractivity contribution in [3.63, 3.8) is 0 Å². The Morgan fingerprint density at radius 2 is 1.47 bits per heavy atom. The van der Waals surface area contributed by atoms with Crippen molar-refractivity contribution in [3.05, 3.63) is 99.0 Å². The minimum atomic E-state index is -0.418. The zero-order valence-corrected chi connectivity index (χ0v) is 19.4. The van der Waals surface area contributed by atoms with Gasteiger partial charge in [-0.25, -0.2) is 0 Å². The van der Waals surface area contributed by atoms with Gasteiger partial charge in [0, 0.05) is 38.1 Å². The van der Waals surface area contributed by atoms with Crippen molar-refractivity contribution in [1.82, 2.24) is 5.32 Å². The SMILES string of the molecule is O=C(C=Cc1ccc(Cl)cc1Cl)NC(=S)Nc1ccc(NC(=O)c2cccc(Cl)c2)cc1. The van der Waals surface area contributed by atoms with Crippen molar-refractivity contribution in [2.45, 2.75) is 0 Å². The second-order valence-corrected chi connectivity index (χ2v) is 8.17. The summed E-state index contributed by atoms with van der Waals surface area (Å²) in [7, 11) is 0. The Labute approximate surface area is 205 Å². The number of carbonyl (C=O) groups excluding carboxylic acids is 2. The van der Waals surface area contributed by atoms with Gasteiger partial charge in [-0.1, -0.05) is 46.9 Å². The van der Waals surface area contributed by atoms with Crippen LogP contribution in [0.4, 0.5) is 11.4 Å². The number of hydrogen-bond acceptors (Lipinski definition) is 3. The van der Waals surface area contributed by atoms with E-state index in [1.54, 1.807) is 72.8 Å². The standard InChI is InChI=1S/C23H16Cl3N3O2S/c24-16-3-1-2-15(12-16)22(31)27-18-7-9-19(10-8-18)28-23(32)29-21(30)11-5-14-4-6-17(25)13-20(14)26/h1-13H,(H,27,31)(H2,28,29,30,32). The van der Waals surface area contributed by atoms with Gasteiger partial charge in [-0.05, 0) is 78.5 Å². The van der Waals surface area contributed by atoms with Crippen LogP contribution < -0.4 is 16.0 Å². The molecule has 0 unspecified atom stereocenters. The first-order valence-corrected chi connectivity index (χ1v) is 10.8. The average Bonchev–Trinajstić information content (AvgIpc) is 2.74. The van der Waals surface area contributed by atoms with E-state index in [2.05, 4.69) is 16.0 Å². The maximum absolute atomic E-state index is 12.3. The van der Waals surface area contributed by atoms with Crippen molar-refractivity contribution >= 4 is 81.4 Å². The monoisotopic (exact) mass is 503 g/mol. The molecule has 9 heteroatoms. The van der Waals surface area contributed by atoms with Crippen LogP contribution in [0.3, 0.4) is 0 Å². The summed E-state index contributed by atoms with van der Waals surface area (Å²) in [4.78, 5) is 24.4. The Hall–Kier alpha value is -2.90. The molecule has 0 aliphatic carbocycles. The third kappa shape index (κ3) is 7.07. The van der Waals surface area contributed by atoms with E-state index in [0.717, 1.165) is 0 Å². The number of rotatable bonds is 5. The fourth-order valence-corrected chi connectivity index (χ4v) is 3.47. The Morgan fingerprint density at radius 3 is 2.12 bits per heavy atom. The van der Waals surface area contributed by atoms with Crippen LogP contribution in [-0.4, -0.2) is 16.9 Å². The summed E-state index contributed by atoms with van der Waals surface area (Å²) in [5, 5.41) is 9.78. The molecule has 3 aromatic rings. The molecule has 5 nitrogen and oxygen atoms in total. The van der Waals surface area contributed by atoms with Crippen LogP contribution in [0, 0.1) is 0 Å². The maximum Gasteiger partial charge on any atom is 0.255 e. The predicted molar refractivity (Wildman–Crippen MR) is 136 cm³/mol. The molecule has 0 aliphatic rings. The van der Waals surface area contributed by atoms with E-state index in [1.807, 2.05) is 0 Å². The lowest BCUT2D eigenvalue weighted by atomic mass is 10.2. The molecule has 0 saturated heterocycles. The van der Waals surface area contributed by atoms with E-state index < -0.39 is 5.91 Å². The first kappa shape index (κ1) is 23.8. The van der Waals surface area contributed by atoms with Gasteiger partial charge in [0.15, 0.2) is 5.11 Å². The van der Waals surface area contributed by atoms with E-state index >= 15 is 0 Å². The van der Waals surface area contributed by atoms with Crippen molar-refractivity contribution in [1.29, 1.82) is 0 Å². The molecule has 162 valence electrons. The van der Waals surface area contributed by atoms with Gasteiger partial charge in [-0.2, -0.15) is 0 Å². The first-order chi connectivity index (χ1) is 15.3. The zero-order chi connectivity index (χ0) is 23.1. The predicted octanol–water partition coefficient (Wildman–Crippen LogP) is 6.43. The summed E-state index contributed by atoms with van der Waals surface area (Å²) >= 11 is 23.0. The van der Waals surface area contributed by atoms with Crippen LogP contribution in [0.2, 0.25) is 15.1 Å². The van der Waals surface area contributed by atoms with Gasteiger partial charge in [0.2, 0.25) is 5.91 Å². The smallest absolute Gasteiger partial charge is 0.255 e. The second kappa shape index (κ2) is 11.1. The van der Waals surface area contributed by atoms with Gasteiger partial charge in [-0.15, -0.1) is 0 Å². The van der Waals surface area contributed by atoms with Crippen molar-refractivity contribution in [2.75, 3.05) is 10.6 Å². The molecule has 0 atom stereocenters. The van der Waals surface area contributed by atoms with E-state index in [1.165, 1.54) is 6.08 Å². The lowest BCUT2D eigenvalue weighted by molar-refractivity contribution is -0.115. The molecule has 3 aromatic carbocycles. The largest absolute Gasteiger partial charge is 0.332 e. The maximum atomic E-state index is 12.3. The van der Waals surface area contributed by atoms with E-state index in [0.29, 0.717) is 37.6 Å². The van der Waals surface area contributed by atoms with Gasteiger partial charge in [0.25, 0.3) is 5.91 Å². The number of anilines is 2. The molecule has 0 saturated carbocycles. The molecule has 0 aromatic heterocycles. The second-order valence-electron chi connectivity index (χ2n) is 6.48. The van der Waals surface area contributed by atoms with Gasteiger partial charge in [0.05, 0.1) is 0 Å². The van der Waals surface area contributed by atoms with Crippen LogP contribution in [0.25, 0.3) is 6.08 Å². The van der Waals surface area contributed by atoms with Crippen molar-refractivity contribution < 1.29 is 9.59 Å². The highest BCUT2D eigenvalue weighted by Crippen LogP contribution is 2.22. The number of halogens is 3. The molecule has 3 rings (SSSR count). The average molecular weight is 505 g/mol. The summed E-state index contributed by atoms with van der Waals surface area (Å²) < 4.78 is 0. The van der Waals surface area contributed by atoms with Gasteiger partial charge in [0.1, 0.15) is 0 Å². The van der Waals surface area contributed by atoms with Crippen molar-refractivity contribution in [2.24, 2.45) is 0 Å². The molecule has 0 bridgehead atoms. The molecule has 0 aliphatic heterocycles. The third-order valence-corrected chi connectivity index (χ3v) is 5.10. The van der Waals surface area contributed by atoms with Crippen LogP contribution in [0.5, 0.6) is 0 Å². The van der Waals surface area contributed by atoms with Gasteiger partial charge >= 0.3 is 0 Å². The summed E-state index contributed by atoms with van der Waals surface area (Å²) in [6.45, 7) is 0. The lowest BCUT2D eigenvalue weighted by Gasteiger charge is -2.10. The Morgan fingerprint density at radius 1 is 0.812 bits per heavy atom. The fourth-order valence-electron chi connectivity index (χ4n) is 2.59. The summed E-state index contributed by atoms with van der Waals surface area (Å²) in [6.07, 6.45) is 2.88. The third-order valence-electron chi connectivity index (χ3n) is 4.10. The highest BCUT2D eigenvalue weighted by molar-refractivity contribution is 7.80. The summed E-state index contributed by atoms with van der Waals surface area (Å²) in [6, 6.07) is 18.5. The minimum absolute atomic E-state index is 0.123. The topological polar surface area (TPSA) is 70.2 Å². The zero-order valence-electron chi connectivity index (χ0n) is 16.4. The number of thiocarbonyl (C=S) groups is 1. The molecule has 0 radical (unpaired) electrons. The fraction of sp³-hybridized carbons (Fsp3) is 0. The molecule has 32 heavy (non-hydrogen) atoms. The van der Waals surface area contributed by atoms with E-state index in [4.69, 9.17) is 47.0 Å². The number of benzene rings is 3. The van der Waals surface area contributed by atoms with Crippen LogP contribution >= 0.6 is 47.0 Å². The van der Waals surface area contributed by atoms with Gasteiger partial charge < -0.3 is 10.6 Å². The quantitative estimate of drug-likeness (QED) is 0.277. The summed E-state index contributed by atoms with van der Waals surface area (Å²) in [5.41, 5.74) is 2.34. The van der Waals surface area contributed by atoms with E-state index in [9.17, 15) is 9.59 Å². The highest BCUT2D eigenvalue weighted by atomic mass is 35.5. The molecule has 0 fully saturated rings. The molecule has 0 heterocycles. The Balaban J connectivity index is 1.52. The van der Waals surface area contributed by atoms with Crippen LogP contribution in [0.1, 0.15) is 15.9 Å². The van der Waals surface area contributed by atoms with Crippen molar-refractivity contribution in [3.8, 4) is 0 Å². The van der Waals surface area contributed by atoms with Gasteiger partial charge in [-0.3, -0.25) is 14.9 Å². The Bertz CT molecular complexity index is 1200. The highest BCUT2D eigenvalue weighted by Gasteiger charge is 2.07. The molecular formula is C23H16Cl3N3O2S. The molecule has 2 amide bonds. The molecule has 0 spiro atoms. The first-order valence-electron chi connectivity index (χ1n) is 9.22. The van der Waals surface area contributed by atoms with E-state index in [-0.39, 0.29) is 11.0 Å². The Kier molecular flexibility index (Phi) is 8.25. The number of carbonyl (C=O) groups is 2. The minimum Gasteiger partial charge on any atom is -0.332 e. The lowest BCUT2D eigenvalue weighted by Crippen LogP contribution is -2.32. The normalized spacial score (nSPS) is 10.6. The number of hydrogen-bond donors (Lipinski definition) is 3. The number of nitrogens with one attached hydrogen (secondary N) is 3. The molecule has 3 N–H and O–H groups in total. The molecular weight excluding hydrogens is 489 g/mol. The number of amides is 2.